The van der Waals surface area contributed by atoms with Gasteiger partial charge in [-0.3, -0.25) is 4.79 Å². The Morgan fingerprint density at radius 1 is 0.886 bits per heavy atom. The Bertz CT molecular complexity index is 1180. The maximum atomic E-state index is 12.5. The number of hydrogen-bond acceptors (Lipinski definition) is 5. The predicted molar refractivity (Wildman–Crippen MR) is 124 cm³/mol. The van der Waals surface area contributed by atoms with E-state index in [0.29, 0.717) is 22.6 Å². The molecule has 0 aliphatic heterocycles. The van der Waals surface area contributed by atoms with Gasteiger partial charge in [0.1, 0.15) is 11.5 Å². The van der Waals surface area contributed by atoms with Crippen LogP contribution in [0.2, 0.25) is 0 Å². The van der Waals surface area contributed by atoms with Crippen LogP contribution < -0.4 is 25.5 Å². The highest BCUT2D eigenvalue weighted by molar-refractivity contribution is 6.05. The molecule has 0 aliphatic carbocycles. The predicted octanol–water partition coefficient (Wildman–Crippen LogP) is 4.55. The molecule has 0 fully saturated rings. The van der Waals surface area contributed by atoms with Crippen molar-refractivity contribution in [2.75, 3.05) is 19.0 Å². The summed E-state index contributed by atoms with van der Waals surface area (Å²) < 4.78 is 45.7. The minimum absolute atomic E-state index is 0.00378. The summed E-state index contributed by atoms with van der Waals surface area (Å²) in [6, 6.07) is 19.4. The van der Waals surface area contributed by atoms with Crippen molar-refractivity contribution in [2.45, 2.75) is 6.36 Å². The van der Waals surface area contributed by atoms with Crippen molar-refractivity contribution in [2.24, 2.45) is 5.10 Å². The van der Waals surface area contributed by atoms with Gasteiger partial charge in [0.15, 0.2) is 0 Å². The Hall–Kier alpha value is -4.54. The van der Waals surface area contributed by atoms with Crippen molar-refractivity contribution in [1.82, 2.24) is 10.7 Å². The van der Waals surface area contributed by atoms with Gasteiger partial charge in [-0.25, -0.2) is 10.2 Å². The summed E-state index contributed by atoms with van der Waals surface area (Å²) in [6.45, 7) is 0.00378. The van der Waals surface area contributed by atoms with Crippen LogP contribution in [0, 0.1) is 0 Å². The van der Waals surface area contributed by atoms with Gasteiger partial charge in [0, 0.05) is 11.3 Å². The highest BCUT2D eigenvalue weighted by Crippen LogP contribution is 2.23. The number of alkyl halides is 3. The molecule has 3 N–H and O–H groups in total. The van der Waals surface area contributed by atoms with Crippen molar-refractivity contribution in [3.05, 3.63) is 90.0 Å². The molecule has 0 heterocycles. The van der Waals surface area contributed by atoms with Crippen LogP contribution >= 0.6 is 0 Å². The van der Waals surface area contributed by atoms with Gasteiger partial charge in [-0.1, -0.05) is 36.4 Å². The van der Waals surface area contributed by atoms with E-state index in [9.17, 15) is 22.8 Å². The van der Waals surface area contributed by atoms with Crippen molar-refractivity contribution in [3.8, 4) is 11.5 Å². The van der Waals surface area contributed by atoms with Crippen molar-refractivity contribution in [3.63, 3.8) is 0 Å². The number of nitrogens with one attached hydrogen (secondary N) is 3. The van der Waals surface area contributed by atoms with E-state index >= 15 is 0 Å². The third kappa shape index (κ3) is 8.07. The average Bonchev–Trinajstić information content (AvgIpc) is 2.84. The number of halogens is 3. The Labute approximate surface area is 198 Å². The van der Waals surface area contributed by atoms with Crippen LogP contribution in [0.3, 0.4) is 0 Å². The number of carbonyl (C=O) groups is 2. The summed E-state index contributed by atoms with van der Waals surface area (Å²) >= 11 is 0. The zero-order valence-corrected chi connectivity index (χ0v) is 18.4. The van der Waals surface area contributed by atoms with Crippen LogP contribution in [0.5, 0.6) is 11.5 Å². The number of hydrogen-bond donors (Lipinski definition) is 3. The highest BCUT2D eigenvalue weighted by atomic mass is 19.4. The van der Waals surface area contributed by atoms with Gasteiger partial charge in [-0.15, -0.1) is 13.2 Å². The minimum atomic E-state index is -4.81. The lowest BCUT2D eigenvalue weighted by Gasteiger charge is -2.11. The van der Waals surface area contributed by atoms with E-state index in [1.54, 1.807) is 48.5 Å². The summed E-state index contributed by atoms with van der Waals surface area (Å²) in [4.78, 5) is 24.8. The molecule has 35 heavy (non-hydrogen) atoms. The number of nitrogens with zero attached hydrogens (tertiary/aromatic N) is 1. The van der Waals surface area contributed by atoms with E-state index in [1.165, 1.54) is 19.2 Å². The summed E-state index contributed by atoms with van der Waals surface area (Å²) in [5.41, 5.74) is 3.96. The smallest absolute Gasteiger partial charge is 0.497 e. The normalized spacial score (nSPS) is 11.4. The topological polar surface area (TPSA) is 101 Å². The molecule has 3 aromatic carbocycles. The second kappa shape index (κ2) is 11.5. The molecule has 0 saturated carbocycles. The maximum absolute atomic E-state index is 12.5. The number of benzene rings is 3. The van der Waals surface area contributed by atoms with Crippen LogP contribution in [-0.4, -0.2) is 37.7 Å². The van der Waals surface area contributed by atoms with E-state index in [4.69, 9.17) is 4.74 Å². The fourth-order valence-electron chi connectivity index (χ4n) is 2.88. The van der Waals surface area contributed by atoms with Crippen LogP contribution in [0.1, 0.15) is 15.9 Å². The van der Waals surface area contributed by atoms with Crippen molar-refractivity contribution >= 4 is 23.3 Å². The molecule has 8 nitrogen and oxygen atoms in total. The molecule has 3 aromatic rings. The Morgan fingerprint density at radius 2 is 1.57 bits per heavy atom. The zero-order valence-electron chi connectivity index (χ0n) is 18.4. The number of anilines is 1. The van der Waals surface area contributed by atoms with Crippen molar-refractivity contribution < 1.29 is 32.2 Å². The number of carbonyl (C=O) groups excluding carboxylic acids is 2. The molecule has 0 saturated heterocycles. The first kappa shape index (κ1) is 25.1. The molecule has 0 unspecified atom stereocenters. The third-order valence-corrected chi connectivity index (χ3v) is 4.49. The van der Waals surface area contributed by atoms with Gasteiger partial charge in [0.05, 0.1) is 19.4 Å². The molecule has 0 bridgehead atoms. The van der Waals surface area contributed by atoms with E-state index in [0.717, 1.165) is 12.1 Å². The molecular weight excluding hydrogens is 465 g/mol. The van der Waals surface area contributed by atoms with Crippen molar-refractivity contribution in [1.29, 1.82) is 0 Å². The molecular formula is C24H21F3N4O4. The first-order valence-electron chi connectivity index (χ1n) is 10.2. The standard InChI is InChI=1S/C24H21F3N4O4/c1-34-20-9-5-8-17(14-20)22(32)28-15-21(16-6-3-2-4-7-16)30-31-23(33)29-18-10-12-19(13-11-18)35-24(25,26)27/h2-14H,15H2,1H3,(H,28,32)(H2,29,31,33)/b30-21-. The van der Waals surface area contributed by atoms with Crippen LogP contribution in [0.25, 0.3) is 0 Å². The fraction of sp³-hybridized carbons (Fsp3) is 0.125. The number of ether oxygens (including phenoxy) is 2. The first-order chi connectivity index (χ1) is 16.7. The highest BCUT2D eigenvalue weighted by Gasteiger charge is 2.30. The van der Waals surface area contributed by atoms with Gasteiger partial charge in [-0.2, -0.15) is 5.10 Å². The first-order valence-corrected chi connectivity index (χ1v) is 10.2. The quantitative estimate of drug-likeness (QED) is 0.321. The summed E-state index contributed by atoms with van der Waals surface area (Å²) in [5.74, 6) is -0.247. The minimum Gasteiger partial charge on any atom is -0.497 e. The Kier molecular flexibility index (Phi) is 8.28. The van der Waals surface area contributed by atoms with E-state index in [-0.39, 0.29) is 18.1 Å². The second-order valence-electron chi connectivity index (χ2n) is 6.98. The molecule has 0 aliphatic rings. The largest absolute Gasteiger partial charge is 0.573 e. The molecule has 0 radical (unpaired) electrons. The Morgan fingerprint density at radius 3 is 2.23 bits per heavy atom. The lowest BCUT2D eigenvalue weighted by molar-refractivity contribution is -0.274. The summed E-state index contributed by atoms with van der Waals surface area (Å²) in [5, 5.41) is 9.29. The van der Waals surface area contributed by atoms with E-state index in [1.807, 2.05) is 6.07 Å². The lowest BCUT2D eigenvalue weighted by Crippen LogP contribution is -2.33. The summed E-state index contributed by atoms with van der Waals surface area (Å²) in [7, 11) is 1.50. The van der Waals surface area contributed by atoms with Crippen LogP contribution in [0.15, 0.2) is 84.0 Å². The molecule has 0 spiro atoms. The number of rotatable bonds is 8. The number of methoxy groups -OCH3 is 1. The van der Waals surface area contributed by atoms with E-state index < -0.39 is 18.1 Å². The molecule has 0 atom stereocenters. The summed E-state index contributed by atoms with van der Waals surface area (Å²) in [6.07, 6.45) is -4.81. The molecule has 3 amide bonds. The third-order valence-electron chi connectivity index (χ3n) is 4.49. The van der Waals surface area contributed by atoms with Crippen LogP contribution in [0.4, 0.5) is 23.7 Å². The molecule has 182 valence electrons. The van der Waals surface area contributed by atoms with Crippen LogP contribution in [-0.2, 0) is 0 Å². The maximum Gasteiger partial charge on any atom is 0.573 e. The van der Waals surface area contributed by atoms with Gasteiger partial charge in [-0.05, 0) is 48.0 Å². The van der Waals surface area contributed by atoms with E-state index in [2.05, 4.69) is 25.9 Å². The average molecular weight is 486 g/mol. The van der Waals surface area contributed by atoms with Gasteiger partial charge in [0.2, 0.25) is 0 Å². The Balaban J connectivity index is 1.65. The number of urea groups is 1. The molecule has 0 aromatic heterocycles. The second-order valence-corrected chi connectivity index (χ2v) is 6.98. The number of hydrazone groups is 1. The monoisotopic (exact) mass is 486 g/mol. The zero-order chi connectivity index (χ0) is 25.3. The molecule has 11 heteroatoms. The lowest BCUT2D eigenvalue weighted by atomic mass is 10.1. The SMILES string of the molecule is COc1cccc(C(=O)NC/C(=N/NC(=O)Nc2ccc(OC(F)(F)F)cc2)c2ccccc2)c1. The van der Waals surface area contributed by atoms with Gasteiger partial charge in [0.25, 0.3) is 5.91 Å². The molecule has 3 rings (SSSR count). The fourth-order valence-corrected chi connectivity index (χ4v) is 2.88. The number of amides is 3. The van der Waals surface area contributed by atoms with Gasteiger partial charge >= 0.3 is 12.4 Å². The van der Waals surface area contributed by atoms with Gasteiger partial charge < -0.3 is 20.1 Å².